The molecule has 6 heteroatoms. The van der Waals surface area contributed by atoms with Gasteiger partial charge in [0.1, 0.15) is 17.6 Å². The molecule has 0 aromatic heterocycles. The van der Waals surface area contributed by atoms with Gasteiger partial charge in [-0.25, -0.2) is 8.78 Å². The fraction of sp³-hybridized carbons (Fsp3) is 0. The van der Waals surface area contributed by atoms with Crippen LogP contribution < -0.4 is 0 Å². The largest absolute Gasteiger partial charge is 0.207 e. The third-order valence-corrected chi connectivity index (χ3v) is 3.89. The van der Waals surface area contributed by atoms with E-state index in [1.165, 1.54) is 24.3 Å². The van der Waals surface area contributed by atoms with Crippen molar-refractivity contribution in [2.24, 2.45) is 9.98 Å². The van der Waals surface area contributed by atoms with Crippen LogP contribution in [0.1, 0.15) is 0 Å². The van der Waals surface area contributed by atoms with Crippen LogP contribution >= 0.6 is 45.2 Å². The molecule has 0 bridgehead atoms. The van der Waals surface area contributed by atoms with Crippen molar-refractivity contribution in [3.63, 3.8) is 0 Å². The number of aliphatic imine (C=N–C) groups is 2. The molecule has 96 valence electrons. The fourth-order valence-corrected chi connectivity index (χ4v) is 2.47. The lowest BCUT2D eigenvalue weighted by Crippen LogP contribution is -1.78. The zero-order chi connectivity index (χ0) is 13.8. The molecule has 19 heavy (non-hydrogen) atoms. The van der Waals surface area contributed by atoms with Crippen LogP contribution in [0.25, 0.3) is 0 Å². The highest BCUT2D eigenvalue weighted by Gasteiger charge is 2.00. The summed E-state index contributed by atoms with van der Waals surface area (Å²) >= 11 is 3.97. The molecule has 0 unspecified atom stereocenters. The zero-order valence-corrected chi connectivity index (χ0v) is 13.7. The molecule has 0 N–H and O–H groups in total. The van der Waals surface area contributed by atoms with Gasteiger partial charge in [-0.1, -0.05) is 0 Å². The maximum Gasteiger partial charge on any atom is 0.124 e. The Hall–Kier alpha value is -0.860. The van der Waals surface area contributed by atoms with Gasteiger partial charge in [-0.2, -0.15) is 9.98 Å². The Morgan fingerprint density at radius 2 is 1.21 bits per heavy atom. The van der Waals surface area contributed by atoms with Crippen molar-refractivity contribution in [2.75, 3.05) is 0 Å². The van der Waals surface area contributed by atoms with Crippen LogP contribution in [0.5, 0.6) is 0 Å². The van der Waals surface area contributed by atoms with Gasteiger partial charge in [0.25, 0.3) is 0 Å². The SMILES string of the molecule is Fc1ccc(N=C=Nc2ccc(F)cc2I)c(I)c1. The van der Waals surface area contributed by atoms with E-state index in [4.69, 9.17) is 0 Å². The molecule has 2 nitrogen and oxygen atoms in total. The molecule has 0 aliphatic carbocycles. The number of nitrogens with zero attached hydrogens (tertiary/aromatic N) is 2. The van der Waals surface area contributed by atoms with E-state index in [1.807, 2.05) is 45.2 Å². The summed E-state index contributed by atoms with van der Waals surface area (Å²) in [5.41, 5.74) is 1.17. The second-order valence-corrected chi connectivity index (χ2v) is 5.84. The van der Waals surface area contributed by atoms with E-state index < -0.39 is 0 Å². The van der Waals surface area contributed by atoms with E-state index in [2.05, 4.69) is 16.0 Å². The highest BCUT2D eigenvalue weighted by Crippen LogP contribution is 2.23. The lowest BCUT2D eigenvalue weighted by Gasteiger charge is -1.96. The van der Waals surface area contributed by atoms with Gasteiger partial charge in [0.05, 0.1) is 11.4 Å². The van der Waals surface area contributed by atoms with E-state index in [1.54, 1.807) is 12.1 Å². The minimum Gasteiger partial charge on any atom is -0.207 e. The molecule has 0 heterocycles. The second kappa shape index (κ2) is 6.53. The molecule has 0 fully saturated rings. The highest BCUT2D eigenvalue weighted by atomic mass is 127. The molecule has 0 spiro atoms. The van der Waals surface area contributed by atoms with Crippen LogP contribution in [0, 0.1) is 18.8 Å². The summed E-state index contributed by atoms with van der Waals surface area (Å²) < 4.78 is 27.1. The van der Waals surface area contributed by atoms with Crippen molar-refractivity contribution >= 4 is 62.6 Å². The molecule has 0 saturated carbocycles. The first kappa shape index (κ1) is 14.5. The Morgan fingerprint density at radius 1 is 0.789 bits per heavy atom. The Labute approximate surface area is 135 Å². The standard InChI is InChI=1S/C13H6F2I2N2/c14-8-1-3-12(10(16)5-8)18-7-19-13-4-2-9(15)6-11(13)17/h1-6H. The lowest BCUT2D eigenvalue weighted by molar-refractivity contribution is 0.626. The molecule has 0 atom stereocenters. The van der Waals surface area contributed by atoms with Gasteiger partial charge >= 0.3 is 0 Å². The molecule has 0 aliphatic heterocycles. The van der Waals surface area contributed by atoms with Crippen LogP contribution in [-0.4, -0.2) is 6.01 Å². The summed E-state index contributed by atoms with van der Waals surface area (Å²) in [6.45, 7) is 0. The predicted molar refractivity (Wildman–Crippen MR) is 87.4 cm³/mol. The monoisotopic (exact) mass is 482 g/mol. The van der Waals surface area contributed by atoms with Crippen LogP contribution in [0.2, 0.25) is 0 Å². The van der Waals surface area contributed by atoms with Crippen molar-refractivity contribution in [3.8, 4) is 0 Å². The van der Waals surface area contributed by atoms with Crippen LogP contribution in [-0.2, 0) is 0 Å². The van der Waals surface area contributed by atoms with Crippen molar-refractivity contribution in [1.29, 1.82) is 0 Å². The molecule has 2 aromatic rings. The van der Waals surface area contributed by atoms with Gasteiger partial charge in [-0.3, -0.25) is 0 Å². The smallest absolute Gasteiger partial charge is 0.124 e. The minimum atomic E-state index is -0.312. The summed E-state index contributed by atoms with van der Waals surface area (Å²) in [5, 5.41) is 0. The number of hydrogen-bond donors (Lipinski definition) is 0. The summed E-state index contributed by atoms with van der Waals surface area (Å²) in [6, 6.07) is 11.0. The van der Waals surface area contributed by atoms with Crippen molar-refractivity contribution in [1.82, 2.24) is 0 Å². The molecule has 0 saturated heterocycles. The molecular weight excluding hydrogens is 476 g/mol. The van der Waals surface area contributed by atoms with E-state index in [-0.39, 0.29) is 11.6 Å². The summed E-state index contributed by atoms with van der Waals surface area (Å²) in [7, 11) is 0. The summed E-state index contributed by atoms with van der Waals surface area (Å²) in [6.07, 6.45) is 0. The Bertz CT molecular complexity index is 625. The Morgan fingerprint density at radius 3 is 1.58 bits per heavy atom. The maximum atomic E-state index is 12.9. The first-order chi connectivity index (χ1) is 9.06. The normalized spacial score (nSPS) is 9.89. The van der Waals surface area contributed by atoms with Gasteiger partial charge in [-0.15, -0.1) is 0 Å². The van der Waals surface area contributed by atoms with Gasteiger partial charge in [0.2, 0.25) is 0 Å². The van der Waals surface area contributed by atoms with Crippen molar-refractivity contribution in [3.05, 3.63) is 55.2 Å². The third-order valence-electron chi connectivity index (χ3n) is 2.16. The Kier molecular flexibility index (Phi) is 5.00. The average Bonchev–Trinajstić information content (AvgIpc) is 2.34. The van der Waals surface area contributed by atoms with Crippen molar-refractivity contribution in [2.45, 2.75) is 0 Å². The van der Waals surface area contributed by atoms with Crippen molar-refractivity contribution < 1.29 is 8.78 Å². The van der Waals surface area contributed by atoms with Gasteiger partial charge in [-0.05, 0) is 81.6 Å². The van der Waals surface area contributed by atoms with Gasteiger partial charge in [0.15, 0.2) is 0 Å². The molecule has 2 rings (SSSR count). The number of halogens is 4. The summed E-state index contributed by atoms with van der Waals surface area (Å²) in [5.74, 6) is -0.623. The minimum absolute atomic E-state index is 0.312. The van der Waals surface area contributed by atoms with Crippen LogP contribution in [0.3, 0.4) is 0 Å². The van der Waals surface area contributed by atoms with E-state index in [0.717, 1.165) is 0 Å². The summed E-state index contributed by atoms with van der Waals surface area (Å²) in [4.78, 5) is 8.04. The molecule has 0 amide bonds. The lowest BCUT2D eigenvalue weighted by atomic mass is 10.3. The quantitative estimate of drug-likeness (QED) is 0.410. The number of rotatable bonds is 2. The van der Waals surface area contributed by atoms with Crippen LogP contribution in [0.15, 0.2) is 46.4 Å². The van der Waals surface area contributed by atoms with E-state index in [0.29, 0.717) is 18.5 Å². The predicted octanol–water partition coefficient (Wildman–Crippen LogP) is 5.31. The van der Waals surface area contributed by atoms with E-state index >= 15 is 0 Å². The van der Waals surface area contributed by atoms with Gasteiger partial charge in [0, 0.05) is 7.14 Å². The number of benzene rings is 2. The van der Waals surface area contributed by atoms with Crippen LogP contribution in [0.4, 0.5) is 20.2 Å². The maximum absolute atomic E-state index is 12.9. The highest BCUT2D eigenvalue weighted by molar-refractivity contribution is 14.1. The Balaban J connectivity index is 2.29. The molecule has 0 aliphatic rings. The molecule has 2 aromatic carbocycles. The zero-order valence-electron chi connectivity index (χ0n) is 9.37. The first-order valence-corrected chi connectivity index (χ1v) is 7.28. The molecular formula is C13H6F2I2N2. The first-order valence-electron chi connectivity index (χ1n) is 5.13. The number of hydrogen-bond acceptors (Lipinski definition) is 2. The van der Waals surface area contributed by atoms with Gasteiger partial charge < -0.3 is 0 Å². The average molecular weight is 482 g/mol. The third kappa shape index (κ3) is 4.05. The van der Waals surface area contributed by atoms with E-state index in [9.17, 15) is 8.78 Å². The fourth-order valence-electron chi connectivity index (χ4n) is 1.28. The second-order valence-electron chi connectivity index (χ2n) is 3.52. The topological polar surface area (TPSA) is 24.7 Å². The molecule has 0 radical (unpaired) electrons.